The summed E-state index contributed by atoms with van der Waals surface area (Å²) in [4.78, 5) is 26.6. The Morgan fingerprint density at radius 1 is 1.52 bits per heavy atom. The summed E-state index contributed by atoms with van der Waals surface area (Å²) in [6.07, 6.45) is 1.72. The van der Waals surface area contributed by atoms with E-state index in [9.17, 15) is 14.9 Å². The van der Waals surface area contributed by atoms with E-state index in [4.69, 9.17) is 0 Å². The van der Waals surface area contributed by atoms with Gasteiger partial charge in [-0.2, -0.15) is 0 Å². The Labute approximate surface area is 136 Å². The minimum atomic E-state index is -0.409. The second kappa shape index (κ2) is 7.41. The lowest BCUT2D eigenvalue weighted by Crippen LogP contribution is -2.43. The van der Waals surface area contributed by atoms with Crippen LogP contribution in [-0.2, 0) is 6.42 Å². The predicted octanol–water partition coefficient (Wildman–Crippen LogP) is 2.40. The van der Waals surface area contributed by atoms with Crippen molar-refractivity contribution in [3.63, 3.8) is 0 Å². The van der Waals surface area contributed by atoms with Gasteiger partial charge >= 0.3 is 6.03 Å². The van der Waals surface area contributed by atoms with Gasteiger partial charge < -0.3 is 10.2 Å². The standard InChI is InChI=1S/C16H24N4O3/c1-4-12(2)18(3)10-8-17-16(21)19-9-7-13-11-14(20(22)23)5-6-15(13)19/h5-6,11-12H,4,7-10H2,1-3H3,(H,17,21)/t12-/m1/s1. The molecule has 0 aliphatic carbocycles. The number of carbonyl (C=O) groups excluding carboxylic acids is 1. The number of likely N-dealkylation sites (N-methyl/N-ethyl adjacent to an activating group) is 1. The molecule has 1 N–H and O–H groups in total. The highest BCUT2D eigenvalue weighted by Crippen LogP contribution is 2.31. The van der Waals surface area contributed by atoms with Crippen LogP contribution in [0.2, 0.25) is 0 Å². The van der Waals surface area contributed by atoms with Gasteiger partial charge in [-0.05, 0) is 38.4 Å². The number of hydrogen-bond donors (Lipinski definition) is 1. The minimum absolute atomic E-state index is 0.0705. The van der Waals surface area contributed by atoms with Crippen LogP contribution in [0.3, 0.4) is 0 Å². The largest absolute Gasteiger partial charge is 0.336 e. The highest BCUT2D eigenvalue weighted by atomic mass is 16.6. The number of rotatable bonds is 6. The van der Waals surface area contributed by atoms with Crippen LogP contribution in [0.5, 0.6) is 0 Å². The molecule has 0 saturated heterocycles. The zero-order valence-corrected chi connectivity index (χ0v) is 13.9. The van der Waals surface area contributed by atoms with Crippen molar-refractivity contribution in [1.82, 2.24) is 10.2 Å². The van der Waals surface area contributed by atoms with Gasteiger partial charge in [-0.1, -0.05) is 6.92 Å². The van der Waals surface area contributed by atoms with Crippen LogP contribution in [0.15, 0.2) is 18.2 Å². The van der Waals surface area contributed by atoms with E-state index in [0.29, 0.717) is 25.6 Å². The number of benzene rings is 1. The number of non-ortho nitro benzene ring substituents is 1. The summed E-state index contributed by atoms with van der Waals surface area (Å²) in [5, 5.41) is 13.7. The van der Waals surface area contributed by atoms with Crippen LogP contribution >= 0.6 is 0 Å². The van der Waals surface area contributed by atoms with Crippen molar-refractivity contribution in [3.8, 4) is 0 Å². The maximum atomic E-state index is 12.3. The molecular weight excluding hydrogens is 296 g/mol. The fraction of sp³-hybridized carbons (Fsp3) is 0.562. The normalized spacial score (nSPS) is 14.7. The second-order valence-electron chi connectivity index (χ2n) is 5.94. The van der Waals surface area contributed by atoms with Crippen LogP contribution in [-0.4, -0.2) is 48.6 Å². The van der Waals surface area contributed by atoms with Gasteiger partial charge in [-0.3, -0.25) is 15.0 Å². The smallest absolute Gasteiger partial charge is 0.321 e. The Morgan fingerprint density at radius 3 is 2.91 bits per heavy atom. The Kier molecular flexibility index (Phi) is 5.54. The molecule has 0 aromatic heterocycles. The summed E-state index contributed by atoms with van der Waals surface area (Å²) < 4.78 is 0. The van der Waals surface area contributed by atoms with Crippen molar-refractivity contribution >= 4 is 17.4 Å². The molecule has 0 bridgehead atoms. The first-order valence-electron chi connectivity index (χ1n) is 7.97. The van der Waals surface area contributed by atoms with Crippen LogP contribution in [0.25, 0.3) is 0 Å². The molecule has 2 amide bonds. The Hall–Kier alpha value is -2.15. The SMILES string of the molecule is CC[C@@H](C)N(C)CCNC(=O)N1CCc2cc([N+](=O)[O-])ccc21. The highest BCUT2D eigenvalue weighted by Gasteiger charge is 2.26. The van der Waals surface area contributed by atoms with Crippen LogP contribution < -0.4 is 10.2 Å². The van der Waals surface area contributed by atoms with E-state index in [2.05, 4.69) is 24.1 Å². The molecule has 1 aromatic carbocycles. The lowest BCUT2D eigenvalue weighted by Gasteiger charge is -2.24. The van der Waals surface area contributed by atoms with Crippen molar-refractivity contribution in [2.24, 2.45) is 0 Å². The quantitative estimate of drug-likeness (QED) is 0.645. The third-order valence-electron chi connectivity index (χ3n) is 4.50. The third-order valence-corrected chi connectivity index (χ3v) is 4.50. The summed E-state index contributed by atoms with van der Waals surface area (Å²) in [5.74, 6) is 0. The maximum Gasteiger partial charge on any atom is 0.321 e. The zero-order valence-electron chi connectivity index (χ0n) is 13.9. The third kappa shape index (κ3) is 3.98. The number of fused-ring (bicyclic) bond motifs is 1. The van der Waals surface area contributed by atoms with E-state index in [1.165, 1.54) is 6.07 Å². The summed E-state index contributed by atoms with van der Waals surface area (Å²) in [6, 6.07) is 5.00. The number of carbonyl (C=O) groups is 1. The predicted molar refractivity (Wildman–Crippen MR) is 89.9 cm³/mol. The summed E-state index contributed by atoms with van der Waals surface area (Å²) in [5.41, 5.74) is 1.69. The van der Waals surface area contributed by atoms with Crippen molar-refractivity contribution in [1.29, 1.82) is 0 Å². The molecule has 7 nitrogen and oxygen atoms in total. The molecule has 23 heavy (non-hydrogen) atoms. The number of nitro groups is 1. The molecule has 1 aliphatic heterocycles. The molecule has 2 rings (SSSR count). The number of nitrogens with zero attached hydrogens (tertiary/aromatic N) is 3. The van der Waals surface area contributed by atoms with Crippen molar-refractivity contribution in [2.45, 2.75) is 32.7 Å². The molecule has 0 radical (unpaired) electrons. The Bertz CT molecular complexity index is 591. The molecule has 0 fully saturated rings. The molecule has 7 heteroatoms. The van der Waals surface area contributed by atoms with Crippen molar-refractivity contribution < 1.29 is 9.72 Å². The lowest BCUT2D eigenvalue weighted by atomic mass is 10.1. The van der Waals surface area contributed by atoms with Crippen LogP contribution in [0.1, 0.15) is 25.8 Å². The van der Waals surface area contributed by atoms with E-state index in [1.807, 2.05) is 7.05 Å². The maximum absolute atomic E-state index is 12.3. The van der Waals surface area contributed by atoms with Gasteiger partial charge in [0.1, 0.15) is 0 Å². The molecule has 0 spiro atoms. The van der Waals surface area contributed by atoms with E-state index >= 15 is 0 Å². The van der Waals surface area contributed by atoms with Crippen molar-refractivity contribution in [3.05, 3.63) is 33.9 Å². The molecule has 1 heterocycles. The number of nitrogens with one attached hydrogen (secondary N) is 1. The number of hydrogen-bond acceptors (Lipinski definition) is 4. The van der Waals surface area contributed by atoms with Crippen molar-refractivity contribution in [2.75, 3.05) is 31.6 Å². The minimum Gasteiger partial charge on any atom is -0.336 e. The summed E-state index contributed by atoms with van der Waals surface area (Å²) in [7, 11) is 2.05. The highest BCUT2D eigenvalue weighted by molar-refractivity contribution is 5.94. The van der Waals surface area contributed by atoms with Gasteiger partial charge in [-0.25, -0.2) is 4.79 Å². The average Bonchev–Trinajstić information content (AvgIpc) is 2.96. The molecule has 0 unspecified atom stereocenters. The number of anilines is 1. The van der Waals surface area contributed by atoms with Gasteiger partial charge in [0.25, 0.3) is 5.69 Å². The number of amides is 2. The van der Waals surface area contributed by atoms with Gasteiger partial charge in [0, 0.05) is 43.5 Å². The monoisotopic (exact) mass is 320 g/mol. The van der Waals surface area contributed by atoms with E-state index in [0.717, 1.165) is 24.2 Å². The molecule has 126 valence electrons. The van der Waals surface area contributed by atoms with Gasteiger partial charge in [0.05, 0.1) is 4.92 Å². The zero-order chi connectivity index (χ0) is 17.0. The van der Waals surface area contributed by atoms with Gasteiger partial charge in [0.15, 0.2) is 0 Å². The van der Waals surface area contributed by atoms with E-state index in [-0.39, 0.29) is 11.7 Å². The second-order valence-corrected chi connectivity index (χ2v) is 5.94. The first-order chi connectivity index (χ1) is 10.9. The van der Waals surface area contributed by atoms with Gasteiger partial charge in [0.2, 0.25) is 0 Å². The Balaban J connectivity index is 1.92. The topological polar surface area (TPSA) is 78.7 Å². The first-order valence-corrected chi connectivity index (χ1v) is 7.97. The molecule has 1 aromatic rings. The number of nitro benzene ring substituents is 1. The Morgan fingerprint density at radius 2 is 2.26 bits per heavy atom. The first kappa shape index (κ1) is 17.2. The summed E-state index contributed by atoms with van der Waals surface area (Å²) in [6.45, 7) is 6.23. The van der Waals surface area contributed by atoms with Crippen LogP contribution in [0, 0.1) is 10.1 Å². The molecule has 1 aliphatic rings. The molecule has 0 saturated carbocycles. The molecule has 1 atom stereocenters. The average molecular weight is 320 g/mol. The lowest BCUT2D eigenvalue weighted by molar-refractivity contribution is -0.384. The summed E-state index contributed by atoms with van der Waals surface area (Å²) >= 11 is 0. The van der Waals surface area contributed by atoms with Gasteiger partial charge in [-0.15, -0.1) is 0 Å². The van der Waals surface area contributed by atoms with E-state index in [1.54, 1.807) is 17.0 Å². The number of urea groups is 1. The fourth-order valence-corrected chi connectivity index (χ4v) is 2.68. The van der Waals surface area contributed by atoms with Crippen LogP contribution in [0.4, 0.5) is 16.2 Å². The van der Waals surface area contributed by atoms with E-state index < -0.39 is 4.92 Å². The molecular formula is C16H24N4O3. The fourth-order valence-electron chi connectivity index (χ4n) is 2.68.